The molecule has 2 saturated heterocycles. The van der Waals surface area contributed by atoms with Gasteiger partial charge in [0.25, 0.3) is 0 Å². The molecule has 7 heteroatoms. The number of nitrogens with zero attached hydrogens (tertiary/aromatic N) is 3. The van der Waals surface area contributed by atoms with E-state index in [1.54, 1.807) is 29.2 Å². The zero-order chi connectivity index (χ0) is 23.5. The molecular formula is C27H32F2N4O. The summed E-state index contributed by atoms with van der Waals surface area (Å²) < 4.78 is 27.3. The average molecular weight is 467 g/mol. The third kappa shape index (κ3) is 4.94. The van der Waals surface area contributed by atoms with E-state index in [2.05, 4.69) is 9.88 Å². The van der Waals surface area contributed by atoms with Crippen LogP contribution in [0.3, 0.4) is 0 Å². The minimum atomic E-state index is -0.298. The fraction of sp³-hybridized carbons (Fsp3) is 0.444. The van der Waals surface area contributed by atoms with Crippen molar-refractivity contribution in [3.63, 3.8) is 0 Å². The van der Waals surface area contributed by atoms with Crippen molar-refractivity contribution in [1.29, 1.82) is 0 Å². The van der Waals surface area contributed by atoms with Crippen molar-refractivity contribution in [3.05, 3.63) is 65.9 Å². The largest absolute Gasteiger partial charge is 0.361 e. The van der Waals surface area contributed by atoms with E-state index in [9.17, 15) is 13.6 Å². The van der Waals surface area contributed by atoms with Crippen LogP contribution in [0.4, 0.5) is 19.3 Å². The van der Waals surface area contributed by atoms with Crippen LogP contribution in [-0.4, -0.2) is 60.1 Å². The molecule has 180 valence electrons. The molecule has 1 aromatic heterocycles. The van der Waals surface area contributed by atoms with Gasteiger partial charge in [-0.3, -0.25) is 4.90 Å². The third-order valence-electron chi connectivity index (χ3n) is 7.34. The summed E-state index contributed by atoms with van der Waals surface area (Å²) in [6.45, 7) is 4.78. The lowest BCUT2D eigenvalue weighted by Gasteiger charge is -2.36. The summed E-state index contributed by atoms with van der Waals surface area (Å²) in [5, 5.41) is 0.980. The van der Waals surface area contributed by atoms with E-state index in [0.717, 1.165) is 75.0 Å². The second-order valence-corrected chi connectivity index (χ2v) is 9.51. The molecule has 0 radical (unpaired) electrons. The van der Waals surface area contributed by atoms with Crippen LogP contribution >= 0.6 is 0 Å². The van der Waals surface area contributed by atoms with Gasteiger partial charge in [-0.25, -0.2) is 13.6 Å². The Morgan fingerprint density at radius 2 is 1.65 bits per heavy atom. The maximum absolute atomic E-state index is 13.8. The van der Waals surface area contributed by atoms with Gasteiger partial charge in [-0.15, -0.1) is 0 Å². The Morgan fingerprint density at radius 3 is 2.38 bits per heavy atom. The second-order valence-electron chi connectivity index (χ2n) is 9.51. The molecule has 2 amide bonds. The van der Waals surface area contributed by atoms with E-state index in [1.807, 2.05) is 11.1 Å². The van der Waals surface area contributed by atoms with Crippen LogP contribution in [-0.2, 0) is 0 Å². The van der Waals surface area contributed by atoms with Crippen LogP contribution in [0.5, 0.6) is 0 Å². The number of aromatic nitrogens is 1. The van der Waals surface area contributed by atoms with Crippen LogP contribution in [0.1, 0.15) is 43.6 Å². The van der Waals surface area contributed by atoms with Crippen LogP contribution in [0, 0.1) is 11.6 Å². The first-order chi connectivity index (χ1) is 16.6. The lowest BCUT2D eigenvalue weighted by atomic mass is 9.89. The van der Waals surface area contributed by atoms with Gasteiger partial charge in [-0.1, -0.05) is 0 Å². The summed E-state index contributed by atoms with van der Waals surface area (Å²) in [6.07, 6.45) is 7.26. The van der Waals surface area contributed by atoms with Gasteiger partial charge in [0.1, 0.15) is 11.6 Å². The average Bonchev–Trinajstić information content (AvgIpc) is 3.29. The Labute approximate surface area is 199 Å². The summed E-state index contributed by atoms with van der Waals surface area (Å²) in [5.41, 5.74) is 2.92. The summed E-state index contributed by atoms with van der Waals surface area (Å²) in [5.74, 6) is -0.103. The Morgan fingerprint density at radius 1 is 0.941 bits per heavy atom. The molecule has 2 aliphatic rings. The molecule has 0 saturated carbocycles. The SMILES string of the molecule is O=C(N1CCCCC1)N(CCN1CCC(c2c[nH]c3ccc(F)cc23)CC1)c1ccc(F)cc1. The molecule has 0 atom stereocenters. The van der Waals surface area contributed by atoms with E-state index in [-0.39, 0.29) is 17.7 Å². The number of fused-ring (bicyclic) bond motifs is 1. The lowest BCUT2D eigenvalue weighted by molar-refractivity contribution is 0.187. The van der Waals surface area contributed by atoms with Gasteiger partial charge in [-0.05, 0) is 99.1 Å². The van der Waals surface area contributed by atoms with Crippen LogP contribution in [0.25, 0.3) is 10.9 Å². The minimum Gasteiger partial charge on any atom is -0.361 e. The second kappa shape index (κ2) is 10.1. The summed E-state index contributed by atoms with van der Waals surface area (Å²) in [6, 6.07) is 11.2. The number of likely N-dealkylation sites (tertiary alicyclic amines) is 2. The maximum Gasteiger partial charge on any atom is 0.324 e. The number of urea groups is 1. The topological polar surface area (TPSA) is 42.6 Å². The van der Waals surface area contributed by atoms with E-state index < -0.39 is 0 Å². The highest BCUT2D eigenvalue weighted by atomic mass is 19.1. The number of aromatic amines is 1. The monoisotopic (exact) mass is 466 g/mol. The van der Waals surface area contributed by atoms with E-state index >= 15 is 0 Å². The standard InChI is InChI=1S/C27H32F2N4O/c28-21-4-7-23(8-5-21)33(27(34)32-12-2-1-3-13-32)17-16-31-14-10-20(11-15-31)25-19-30-26-9-6-22(29)18-24(25)26/h4-9,18-20,30H,1-3,10-17H2. The number of rotatable bonds is 5. The molecule has 0 bridgehead atoms. The van der Waals surface area contributed by atoms with Gasteiger partial charge in [0.15, 0.2) is 0 Å². The number of nitrogens with one attached hydrogen (secondary N) is 1. The first-order valence-electron chi connectivity index (χ1n) is 12.4. The van der Waals surface area contributed by atoms with E-state index in [4.69, 9.17) is 0 Å². The van der Waals surface area contributed by atoms with Crippen molar-refractivity contribution in [3.8, 4) is 0 Å². The van der Waals surface area contributed by atoms with Crippen molar-refractivity contribution in [2.45, 2.75) is 38.0 Å². The fourth-order valence-electron chi connectivity index (χ4n) is 5.37. The molecule has 5 rings (SSSR count). The number of benzene rings is 2. The first kappa shape index (κ1) is 22.8. The number of anilines is 1. The molecule has 0 aliphatic carbocycles. The maximum atomic E-state index is 13.8. The predicted octanol–water partition coefficient (Wildman–Crippen LogP) is 5.74. The Balaban J connectivity index is 1.22. The van der Waals surface area contributed by atoms with Crippen LogP contribution in [0.15, 0.2) is 48.7 Å². The number of carbonyl (C=O) groups is 1. The number of amides is 2. The highest BCUT2D eigenvalue weighted by Crippen LogP contribution is 2.33. The van der Waals surface area contributed by atoms with E-state index in [0.29, 0.717) is 12.5 Å². The highest BCUT2D eigenvalue weighted by Gasteiger charge is 2.27. The van der Waals surface area contributed by atoms with Crippen molar-refractivity contribution >= 4 is 22.6 Å². The van der Waals surface area contributed by atoms with Gasteiger partial charge in [-0.2, -0.15) is 0 Å². The Bertz CT molecular complexity index is 1120. The molecule has 5 nitrogen and oxygen atoms in total. The summed E-state index contributed by atoms with van der Waals surface area (Å²) in [7, 11) is 0. The highest BCUT2D eigenvalue weighted by molar-refractivity contribution is 5.92. The normalized spacial score (nSPS) is 17.9. The van der Waals surface area contributed by atoms with Gasteiger partial charge < -0.3 is 14.8 Å². The minimum absolute atomic E-state index is 0.0158. The molecule has 34 heavy (non-hydrogen) atoms. The van der Waals surface area contributed by atoms with Gasteiger partial charge in [0, 0.05) is 49.0 Å². The van der Waals surface area contributed by atoms with Crippen LogP contribution < -0.4 is 4.90 Å². The van der Waals surface area contributed by atoms with Gasteiger partial charge in [0.2, 0.25) is 0 Å². The molecule has 3 heterocycles. The zero-order valence-corrected chi connectivity index (χ0v) is 19.5. The van der Waals surface area contributed by atoms with Crippen LogP contribution in [0.2, 0.25) is 0 Å². The quantitative estimate of drug-likeness (QED) is 0.521. The number of hydrogen-bond acceptors (Lipinski definition) is 2. The summed E-state index contributed by atoms with van der Waals surface area (Å²) in [4.78, 5) is 22.7. The molecule has 2 aromatic carbocycles. The summed E-state index contributed by atoms with van der Waals surface area (Å²) >= 11 is 0. The number of H-pyrrole nitrogens is 1. The van der Waals surface area contributed by atoms with Crippen molar-refractivity contribution < 1.29 is 13.6 Å². The predicted molar refractivity (Wildman–Crippen MR) is 131 cm³/mol. The van der Waals surface area contributed by atoms with Gasteiger partial charge in [0.05, 0.1) is 0 Å². The third-order valence-corrected chi connectivity index (χ3v) is 7.34. The molecule has 0 unspecified atom stereocenters. The molecule has 3 aromatic rings. The molecule has 1 N–H and O–H groups in total. The molecule has 0 spiro atoms. The number of carbonyl (C=O) groups excluding carboxylic acids is 1. The molecule has 2 fully saturated rings. The van der Waals surface area contributed by atoms with Crippen molar-refractivity contribution in [2.75, 3.05) is 44.2 Å². The zero-order valence-electron chi connectivity index (χ0n) is 19.5. The molecular weight excluding hydrogens is 434 g/mol. The smallest absolute Gasteiger partial charge is 0.324 e. The number of halogens is 2. The molecule has 2 aliphatic heterocycles. The lowest BCUT2D eigenvalue weighted by Crippen LogP contribution is -2.48. The first-order valence-corrected chi connectivity index (χ1v) is 12.4. The number of piperidine rings is 2. The fourth-order valence-corrected chi connectivity index (χ4v) is 5.37. The Hall–Kier alpha value is -2.93. The Kier molecular flexibility index (Phi) is 6.81. The van der Waals surface area contributed by atoms with Crippen molar-refractivity contribution in [1.82, 2.24) is 14.8 Å². The van der Waals surface area contributed by atoms with Crippen molar-refractivity contribution in [2.24, 2.45) is 0 Å². The van der Waals surface area contributed by atoms with E-state index in [1.165, 1.54) is 30.2 Å². The van der Waals surface area contributed by atoms with Gasteiger partial charge >= 0.3 is 6.03 Å². The number of hydrogen-bond donors (Lipinski definition) is 1.